The van der Waals surface area contributed by atoms with Crippen LogP contribution in [0.3, 0.4) is 0 Å². The number of carbonyl (C=O) groups is 2. The highest BCUT2D eigenvalue weighted by Crippen LogP contribution is 2.55. The Bertz CT molecular complexity index is 745. The van der Waals surface area contributed by atoms with Gasteiger partial charge in [0.2, 0.25) is 5.91 Å². The van der Waals surface area contributed by atoms with E-state index in [1.165, 1.54) is 24.8 Å². The molecular formula is C23H32N4O2. The minimum absolute atomic E-state index is 0.00560. The van der Waals surface area contributed by atoms with Gasteiger partial charge in [0.1, 0.15) is 0 Å². The van der Waals surface area contributed by atoms with Crippen LogP contribution in [0, 0.1) is 17.8 Å². The third kappa shape index (κ3) is 3.92. The Morgan fingerprint density at radius 2 is 1.62 bits per heavy atom. The Morgan fingerprint density at radius 3 is 2.24 bits per heavy atom. The van der Waals surface area contributed by atoms with Crippen LogP contribution in [0.1, 0.15) is 50.0 Å². The van der Waals surface area contributed by atoms with Crippen molar-refractivity contribution in [2.24, 2.45) is 23.5 Å². The quantitative estimate of drug-likeness (QED) is 0.728. The molecule has 4 aliphatic carbocycles. The average Bonchev–Trinajstić information content (AvgIpc) is 3.00. The van der Waals surface area contributed by atoms with Crippen molar-refractivity contribution in [2.75, 3.05) is 19.6 Å². The lowest BCUT2D eigenvalue weighted by atomic mass is 9.53. The van der Waals surface area contributed by atoms with Crippen LogP contribution < -0.4 is 16.4 Å². The van der Waals surface area contributed by atoms with Gasteiger partial charge in [0, 0.05) is 30.6 Å². The highest BCUT2D eigenvalue weighted by molar-refractivity contribution is 5.95. The summed E-state index contributed by atoms with van der Waals surface area (Å²) in [7, 11) is 0. The molecule has 0 spiro atoms. The first-order valence-corrected chi connectivity index (χ1v) is 11.1. The van der Waals surface area contributed by atoms with Crippen molar-refractivity contribution < 1.29 is 9.59 Å². The van der Waals surface area contributed by atoms with Crippen molar-refractivity contribution in [3.63, 3.8) is 0 Å². The van der Waals surface area contributed by atoms with Crippen LogP contribution in [0.2, 0.25) is 0 Å². The molecule has 3 amide bonds. The second-order valence-electron chi connectivity index (χ2n) is 10.1. The molecule has 29 heavy (non-hydrogen) atoms. The highest BCUT2D eigenvalue weighted by atomic mass is 16.2. The summed E-state index contributed by atoms with van der Waals surface area (Å²) in [6.45, 7) is 1.63. The number of likely N-dealkylation sites (tertiary alicyclic amines) is 1. The molecule has 4 N–H and O–H groups in total. The van der Waals surface area contributed by atoms with Gasteiger partial charge in [-0.25, -0.2) is 4.79 Å². The molecule has 4 saturated carbocycles. The Hall–Kier alpha value is -1.92. The lowest BCUT2D eigenvalue weighted by Crippen LogP contribution is -2.62. The Balaban J connectivity index is 1.13. The lowest BCUT2D eigenvalue weighted by molar-refractivity contribution is -0.121. The number of rotatable bonds is 4. The first-order valence-electron chi connectivity index (χ1n) is 11.1. The molecule has 1 heterocycles. The van der Waals surface area contributed by atoms with E-state index in [9.17, 15) is 9.59 Å². The average molecular weight is 397 g/mol. The molecular weight excluding hydrogens is 364 g/mol. The number of nitrogens with one attached hydrogen (secondary N) is 2. The van der Waals surface area contributed by atoms with Gasteiger partial charge in [0.15, 0.2) is 0 Å². The summed E-state index contributed by atoms with van der Waals surface area (Å²) < 4.78 is 0. The molecule has 1 aliphatic heterocycles. The molecule has 6 nitrogen and oxygen atoms in total. The van der Waals surface area contributed by atoms with E-state index in [-0.39, 0.29) is 36.0 Å². The van der Waals surface area contributed by atoms with Crippen LogP contribution in [0.25, 0.3) is 0 Å². The number of imide groups is 1. The third-order valence-electron chi connectivity index (χ3n) is 7.71. The van der Waals surface area contributed by atoms with Crippen LogP contribution in [0.5, 0.6) is 0 Å². The molecule has 6 rings (SSSR count). The summed E-state index contributed by atoms with van der Waals surface area (Å²) in [5.74, 6) is 2.27. The molecule has 5 aliphatic rings. The number of nitrogens with two attached hydrogens (primary N) is 1. The van der Waals surface area contributed by atoms with E-state index in [1.54, 1.807) is 0 Å². The second-order valence-corrected chi connectivity index (χ2v) is 10.1. The van der Waals surface area contributed by atoms with Gasteiger partial charge in [-0.3, -0.25) is 15.0 Å². The maximum absolute atomic E-state index is 12.6. The fourth-order valence-corrected chi connectivity index (χ4v) is 7.00. The lowest BCUT2D eigenvalue weighted by Gasteiger charge is -2.56. The highest BCUT2D eigenvalue weighted by Gasteiger charge is 2.51. The van der Waals surface area contributed by atoms with E-state index < -0.39 is 0 Å². The van der Waals surface area contributed by atoms with E-state index in [0.717, 1.165) is 43.6 Å². The zero-order valence-electron chi connectivity index (χ0n) is 17.0. The zero-order valence-corrected chi connectivity index (χ0v) is 17.0. The van der Waals surface area contributed by atoms with Crippen molar-refractivity contribution >= 4 is 11.9 Å². The molecule has 1 aromatic rings. The van der Waals surface area contributed by atoms with Crippen LogP contribution >= 0.6 is 0 Å². The number of hydrogen-bond donors (Lipinski definition) is 3. The summed E-state index contributed by atoms with van der Waals surface area (Å²) >= 11 is 0. The van der Waals surface area contributed by atoms with Crippen molar-refractivity contribution in [2.45, 2.75) is 56.0 Å². The van der Waals surface area contributed by atoms with Crippen LogP contribution in [0.15, 0.2) is 30.3 Å². The number of urea groups is 1. The summed E-state index contributed by atoms with van der Waals surface area (Å²) in [6.07, 6.45) is 7.25. The van der Waals surface area contributed by atoms with E-state index in [2.05, 4.69) is 27.7 Å². The van der Waals surface area contributed by atoms with E-state index in [4.69, 9.17) is 5.73 Å². The fourth-order valence-electron chi connectivity index (χ4n) is 7.00. The van der Waals surface area contributed by atoms with E-state index in [0.29, 0.717) is 6.54 Å². The van der Waals surface area contributed by atoms with Gasteiger partial charge in [-0.05, 0) is 61.8 Å². The first-order chi connectivity index (χ1) is 14.0. The first kappa shape index (κ1) is 19.1. The van der Waals surface area contributed by atoms with Crippen LogP contribution in [-0.2, 0) is 4.79 Å². The Labute approximate surface area is 172 Å². The molecule has 5 fully saturated rings. The maximum Gasteiger partial charge on any atom is 0.321 e. The molecule has 4 bridgehead atoms. The molecule has 0 radical (unpaired) electrons. The van der Waals surface area contributed by atoms with E-state index in [1.807, 2.05) is 18.2 Å². The molecule has 6 heteroatoms. The van der Waals surface area contributed by atoms with Gasteiger partial charge in [-0.1, -0.05) is 30.3 Å². The van der Waals surface area contributed by atoms with Crippen molar-refractivity contribution in [1.29, 1.82) is 0 Å². The second kappa shape index (κ2) is 7.40. The molecule has 156 valence electrons. The minimum Gasteiger partial charge on any atom is -0.332 e. The Morgan fingerprint density at radius 1 is 1.00 bits per heavy atom. The normalized spacial score (nSPS) is 38.2. The third-order valence-corrected chi connectivity index (χ3v) is 7.71. The predicted molar refractivity (Wildman–Crippen MR) is 111 cm³/mol. The van der Waals surface area contributed by atoms with Crippen molar-refractivity contribution in [1.82, 2.24) is 15.5 Å². The largest absolute Gasteiger partial charge is 0.332 e. The molecule has 0 aromatic heterocycles. The predicted octanol–water partition coefficient (Wildman–Crippen LogP) is 2.21. The van der Waals surface area contributed by atoms with Crippen molar-refractivity contribution in [3.8, 4) is 0 Å². The SMILES string of the molecule is N[C@@H]1CN(CC(=O)NC(=O)NC23CC4CC(CC(C4)C2)C3)C[C@H]1c1ccccc1. The smallest absolute Gasteiger partial charge is 0.321 e. The van der Waals surface area contributed by atoms with Gasteiger partial charge < -0.3 is 11.1 Å². The summed E-state index contributed by atoms with van der Waals surface area (Å²) in [6, 6.07) is 9.90. The van der Waals surface area contributed by atoms with Crippen LogP contribution in [0.4, 0.5) is 4.79 Å². The van der Waals surface area contributed by atoms with Gasteiger partial charge in [0.05, 0.1) is 6.54 Å². The molecule has 2 atom stereocenters. The van der Waals surface area contributed by atoms with Crippen LogP contribution in [-0.4, -0.2) is 48.1 Å². The number of nitrogens with zero attached hydrogens (tertiary/aromatic N) is 1. The summed E-state index contributed by atoms with van der Waals surface area (Å²) in [4.78, 5) is 27.1. The standard InChI is InChI=1S/C23H32N4O2/c24-20-13-27(12-19(20)18-4-2-1-3-5-18)14-21(28)25-22(29)26-23-9-15-6-16(10-23)8-17(7-15)11-23/h1-5,15-17,19-20H,6-14,24H2,(H2,25,26,28,29)/t15?,16?,17?,19-,20+,23?/m0/s1. The van der Waals surface area contributed by atoms with Crippen molar-refractivity contribution in [3.05, 3.63) is 35.9 Å². The zero-order chi connectivity index (χ0) is 20.0. The fraction of sp³-hybridized carbons (Fsp3) is 0.652. The molecule has 1 aromatic carbocycles. The van der Waals surface area contributed by atoms with Gasteiger partial charge >= 0.3 is 6.03 Å². The van der Waals surface area contributed by atoms with Gasteiger partial charge in [-0.2, -0.15) is 0 Å². The number of hydrogen-bond acceptors (Lipinski definition) is 4. The molecule has 0 unspecified atom stereocenters. The van der Waals surface area contributed by atoms with Gasteiger partial charge in [0.25, 0.3) is 0 Å². The monoisotopic (exact) mass is 396 g/mol. The van der Waals surface area contributed by atoms with E-state index >= 15 is 0 Å². The molecule has 1 saturated heterocycles. The summed E-state index contributed by atoms with van der Waals surface area (Å²) in [5.41, 5.74) is 7.46. The number of amides is 3. The van der Waals surface area contributed by atoms with Gasteiger partial charge in [-0.15, -0.1) is 0 Å². The number of benzene rings is 1. The topological polar surface area (TPSA) is 87.5 Å². The minimum atomic E-state index is -0.319. The Kier molecular flexibility index (Phi) is 4.87. The number of carbonyl (C=O) groups excluding carboxylic acids is 2. The maximum atomic E-state index is 12.6. The summed E-state index contributed by atoms with van der Waals surface area (Å²) in [5, 5.41) is 5.79.